The molecule has 230 valence electrons. The number of hydrogen-bond acceptors (Lipinski definition) is 9. The van der Waals surface area contributed by atoms with Crippen molar-refractivity contribution in [2.75, 3.05) is 0 Å². The molecule has 0 aliphatic carbocycles. The van der Waals surface area contributed by atoms with Crippen LogP contribution in [0.25, 0.3) is 0 Å². The van der Waals surface area contributed by atoms with E-state index in [1.165, 1.54) is 0 Å². The molecular formula is C20H42O18. The Hall–Kier alpha value is -4.77. The van der Waals surface area contributed by atoms with Crippen molar-refractivity contribution in [3.05, 3.63) is 0 Å². The summed E-state index contributed by atoms with van der Waals surface area (Å²) in [6.45, 7) is 13.8. The normalized spacial score (nSPS) is 6.08. The van der Waals surface area contributed by atoms with Crippen LogP contribution in [0.5, 0.6) is 0 Å². The molecule has 0 aliphatic rings. The number of hydrogen-bond donors (Lipinski definition) is 9. The maximum Gasteiger partial charge on any atom is 0.300 e. The van der Waals surface area contributed by atoms with Crippen molar-refractivity contribution in [2.24, 2.45) is 0 Å². The highest BCUT2D eigenvalue weighted by Gasteiger charge is 1.68. The molecule has 0 aromatic heterocycles. The smallest absolute Gasteiger partial charge is 0.300 e. The second-order valence-electron chi connectivity index (χ2n) is 4.67. The summed E-state index contributed by atoms with van der Waals surface area (Å²) in [5, 5.41) is 66.7. The lowest BCUT2D eigenvalue weighted by atomic mass is 10.9. The van der Waals surface area contributed by atoms with Gasteiger partial charge in [0.2, 0.25) is 0 Å². The summed E-state index contributed by atoms with van der Waals surface area (Å²) in [6, 6.07) is 0. The Morgan fingerprint density at radius 3 is 0.237 bits per heavy atom. The van der Waals surface area contributed by atoms with Gasteiger partial charge in [0.15, 0.2) is 0 Å². The van der Waals surface area contributed by atoms with Crippen molar-refractivity contribution < 1.29 is 89.1 Å². The van der Waals surface area contributed by atoms with E-state index in [1.807, 2.05) is 13.8 Å². The molecule has 0 aromatic rings. The van der Waals surface area contributed by atoms with Gasteiger partial charge in [-0.1, -0.05) is 13.8 Å². The zero-order chi connectivity index (χ0) is 34.2. The summed E-state index contributed by atoms with van der Waals surface area (Å²) in [5.41, 5.74) is 0. The maximum absolute atomic E-state index is 9.00. The first-order chi connectivity index (χ1) is 16.6. The lowest BCUT2D eigenvalue weighted by Gasteiger charge is -1.59. The van der Waals surface area contributed by atoms with Crippen molar-refractivity contribution in [1.29, 1.82) is 0 Å². The van der Waals surface area contributed by atoms with Crippen LogP contribution in [-0.2, 0) is 43.2 Å². The van der Waals surface area contributed by atoms with Crippen molar-refractivity contribution in [3.63, 3.8) is 0 Å². The first-order valence-corrected chi connectivity index (χ1v) is 9.35. The van der Waals surface area contributed by atoms with E-state index in [0.29, 0.717) is 0 Å². The molecule has 0 spiro atoms. The summed E-state index contributed by atoms with van der Waals surface area (Å²) in [5.74, 6) is -7.50. The fourth-order valence-electron chi connectivity index (χ4n) is 0. The van der Waals surface area contributed by atoms with Gasteiger partial charge in [0.1, 0.15) is 0 Å². The van der Waals surface area contributed by atoms with Crippen LogP contribution < -0.4 is 0 Å². The van der Waals surface area contributed by atoms with Crippen LogP contribution in [0.4, 0.5) is 0 Å². The molecule has 0 radical (unpaired) electrons. The molecule has 0 fully saturated rings. The summed E-state index contributed by atoms with van der Waals surface area (Å²) in [4.78, 5) is 81.0. The molecule has 0 amide bonds. The van der Waals surface area contributed by atoms with E-state index in [2.05, 4.69) is 0 Å². The Morgan fingerprint density at radius 2 is 0.237 bits per heavy atom. The number of rotatable bonds is 0. The van der Waals surface area contributed by atoms with Gasteiger partial charge in [-0.3, -0.25) is 43.2 Å². The van der Waals surface area contributed by atoms with Gasteiger partial charge in [-0.15, -0.1) is 0 Å². The minimum atomic E-state index is -0.833. The van der Waals surface area contributed by atoms with Gasteiger partial charge in [0.05, 0.1) is 0 Å². The average molecular weight is 571 g/mol. The minimum absolute atomic E-state index is 0.833. The van der Waals surface area contributed by atoms with E-state index in [-0.39, 0.29) is 0 Å². The Balaban J connectivity index is -0.0000000288. The molecule has 0 atom stereocenters. The third-order valence-corrected chi connectivity index (χ3v) is 0. The van der Waals surface area contributed by atoms with E-state index < -0.39 is 53.7 Å². The molecule has 0 unspecified atom stereocenters. The molecule has 0 aliphatic heterocycles. The Morgan fingerprint density at radius 1 is 0.237 bits per heavy atom. The molecule has 0 heterocycles. The largest absolute Gasteiger partial charge is 0.481 e. The van der Waals surface area contributed by atoms with E-state index >= 15 is 0 Å². The van der Waals surface area contributed by atoms with E-state index in [0.717, 1.165) is 62.3 Å². The van der Waals surface area contributed by atoms with Gasteiger partial charge >= 0.3 is 0 Å². The van der Waals surface area contributed by atoms with Crippen LogP contribution in [0.3, 0.4) is 0 Å². The molecule has 0 saturated carbocycles. The van der Waals surface area contributed by atoms with Crippen LogP contribution in [0.2, 0.25) is 0 Å². The van der Waals surface area contributed by atoms with Gasteiger partial charge < -0.3 is 46.0 Å². The summed E-state index contributed by atoms with van der Waals surface area (Å²) in [6.07, 6.45) is 0. The average Bonchev–Trinajstić information content (AvgIpc) is 2.50. The van der Waals surface area contributed by atoms with Gasteiger partial charge in [-0.05, 0) is 0 Å². The molecular weight excluding hydrogens is 528 g/mol. The summed E-state index contributed by atoms with van der Waals surface area (Å²) in [7, 11) is 0. The lowest BCUT2D eigenvalue weighted by molar-refractivity contribution is -0.135. The van der Waals surface area contributed by atoms with Crippen molar-refractivity contribution in [3.8, 4) is 0 Å². The van der Waals surface area contributed by atoms with Crippen LogP contribution in [0.15, 0.2) is 0 Å². The predicted octanol–water partition coefficient (Wildman–Crippen LogP) is 1.84. The van der Waals surface area contributed by atoms with Gasteiger partial charge in [0.25, 0.3) is 53.7 Å². The van der Waals surface area contributed by atoms with Crippen molar-refractivity contribution in [1.82, 2.24) is 0 Å². The van der Waals surface area contributed by atoms with Crippen molar-refractivity contribution >= 4 is 53.7 Å². The van der Waals surface area contributed by atoms with Crippen LogP contribution in [0, 0.1) is 0 Å². The van der Waals surface area contributed by atoms with Crippen molar-refractivity contribution in [2.45, 2.75) is 76.2 Å². The van der Waals surface area contributed by atoms with Gasteiger partial charge in [-0.25, -0.2) is 0 Å². The standard InChI is InChI=1S/9C2H4O2.C2H6/c9*1-2(3)4;1-2/h9*1H3,(H,3,4);1-2H3. The monoisotopic (exact) mass is 570 g/mol. The highest BCUT2D eigenvalue weighted by atomic mass is 16.4. The first kappa shape index (κ1) is 64.0. The molecule has 38 heavy (non-hydrogen) atoms. The highest BCUT2D eigenvalue weighted by molar-refractivity contribution is 5.64. The SMILES string of the molecule is CC.CC(=O)O.CC(=O)O.CC(=O)O.CC(=O)O.CC(=O)O.CC(=O)O.CC(=O)O.CC(=O)O.CC(=O)O. The molecule has 0 bridgehead atoms. The molecule has 18 nitrogen and oxygen atoms in total. The molecule has 0 saturated heterocycles. The lowest BCUT2D eigenvalue weighted by Crippen LogP contribution is -1.78. The molecule has 0 aromatic carbocycles. The minimum Gasteiger partial charge on any atom is -0.481 e. The van der Waals surface area contributed by atoms with Crippen LogP contribution in [-0.4, -0.2) is 99.7 Å². The zero-order valence-electron chi connectivity index (χ0n) is 23.2. The first-order valence-electron chi connectivity index (χ1n) is 9.35. The van der Waals surface area contributed by atoms with E-state index in [4.69, 9.17) is 89.1 Å². The Kier molecular flexibility index (Phi) is 107. The number of carbonyl (C=O) groups is 9. The molecule has 18 heteroatoms. The molecule has 0 rings (SSSR count). The number of carboxylic acid groups (broad SMARTS) is 9. The quantitative estimate of drug-likeness (QED) is 0.200. The summed E-state index contributed by atoms with van der Waals surface area (Å²) < 4.78 is 0. The Bertz CT molecular complexity index is 416. The summed E-state index contributed by atoms with van der Waals surface area (Å²) >= 11 is 0. The second kappa shape index (κ2) is 63.6. The third kappa shape index (κ3) is 1250. The van der Waals surface area contributed by atoms with Gasteiger partial charge in [-0.2, -0.15) is 0 Å². The van der Waals surface area contributed by atoms with E-state index in [1.54, 1.807) is 0 Å². The second-order valence-corrected chi connectivity index (χ2v) is 4.67. The number of carboxylic acids is 9. The maximum atomic E-state index is 9.00. The van der Waals surface area contributed by atoms with E-state index in [9.17, 15) is 0 Å². The topological polar surface area (TPSA) is 336 Å². The van der Waals surface area contributed by atoms with Gasteiger partial charge in [0, 0.05) is 62.3 Å². The Labute approximate surface area is 219 Å². The van der Waals surface area contributed by atoms with Crippen LogP contribution >= 0.6 is 0 Å². The third-order valence-electron chi connectivity index (χ3n) is 0. The predicted molar refractivity (Wildman–Crippen MR) is 131 cm³/mol. The number of aliphatic carboxylic acids is 9. The fourth-order valence-corrected chi connectivity index (χ4v) is 0. The molecule has 9 N–H and O–H groups in total. The highest BCUT2D eigenvalue weighted by Crippen LogP contribution is 1.45. The zero-order valence-corrected chi connectivity index (χ0v) is 23.2. The van der Waals surface area contributed by atoms with Crippen LogP contribution in [0.1, 0.15) is 76.2 Å². The fraction of sp³-hybridized carbons (Fsp3) is 0.550.